The summed E-state index contributed by atoms with van der Waals surface area (Å²) in [6, 6.07) is 93.3. The summed E-state index contributed by atoms with van der Waals surface area (Å²) in [6.45, 7) is 0. The first kappa shape index (κ1) is 36.6. The van der Waals surface area contributed by atoms with Crippen molar-refractivity contribution in [3.8, 4) is 39.1 Å². The van der Waals surface area contributed by atoms with Gasteiger partial charge in [0.1, 0.15) is 0 Å². The van der Waals surface area contributed by atoms with Crippen molar-refractivity contribution >= 4 is 38.9 Å². The van der Waals surface area contributed by atoms with Gasteiger partial charge in [-0.3, -0.25) is 0 Å². The maximum absolute atomic E-state index is 2.47. The maximum Gasteiger partial charge on any atom is 0.0714 e. The van der Waals surface area contributed by atoms with Crippen molar-refractivity contribution in [3.05, 3.63) is 277 Å². The summed E-state index contributed by atoms with van der Waals surface area (Å²) in [4.78, 5) is 2.37. The molecule has 10 aromatic carbocycles. The third-order valence-corrected chi connectivity index (χ3v) is 13.0. The van der Waals surface area contributed by atoms with Gasteiger partial charge in [0.25, 0.3) is 0 Å². The van der Waals surface area contributed by atoms with Crippen LogP contribution in [0.4, 0.5) is 17.1 Å². The molecule has 0 amide bonds. The van der Waals surface area contributed by atoms with E-state index in [2.05, 4.69) is 264 Å². The van der Waals surface area contributed by atoms with E-state index in [9.17, 15) is 0 Å². The summed E-state index contributed by atoms with van der Waals surface area (Å²) >= 11 is 0. The molecule has 0 N–H and O–H groups in total. The number of aromatic nitrogens is 1. The normalized spacial score (nSPS) is 12.6. The van der Waals surface area contributed by atoms with E-state index in [-0.39, 0.29) is 0 Å². The Labute approximate surface area is 368 Å². The van der Waals surface area contributed by atoms with Gasteiger partial charge < -0.3 is 9.47 Å². The van der Waals surface area contributed by atoms with Gasteiger partial charge in [-0.05, 0) is 134 Å². The highest BCUT2D eigenvalue weighted by atomic mass is 15.1. The second-order valence-corrected chi connectivity index (χ2v) is 16.5. The van der Waals surface area contributed by atoms with Gasteiger partial charge in [-0.25, -0.2) is 0 Å². The third kappa shape index (κ3) is 5.95. The van der Waals surface area contributed by atoms with Crippen molar-refractivity contribution in [2.45, 2.75) is 5.41 Å². The molecule has 0 saturated carbocycles. The highest BCUT2D eigenvalue weighted by Gasteiger charge is 2.46. The molecule has 0 bridgehead atoms. The summed E-state index contributed by atoms with van der Waals surface area (Å²) in [5.41, 5.74) is 18.7. The van der Waals surface area contributed by atoms with E-state index < -0.39 is 5.41 Å². The molecule has 12 rings (SSSR count). The molecule has 1 aliphatic carbocycles. The van der Waals surface area contributed by atoms with Crippen molar-refractivity contribution in [2.75, 3.05) is 4.90 Å². The quantitative estimate of drug-likeness (QED) is 0.149. The van der Waals surface area contributed by atoms with Gasteiger partial charge >= 0.3 is 0 Å². The molecule has 1 aromatic heterocycles. The molecular weight excluding hydrogens is 761 g/mol. The molecule has 0 atom stereocenters. The molecule has 1 heterocycles. The number of fused-ring (bicyclic) bond motifs is 6. The fraction of sp³-hybridized carbons (Fsp3) is 0.0164. The lowest BCUT2D eigenvalue weighted by Crippen LogP contribution is -2.28. The molecule has 0 radical (unpaired) electrons. The van der Waals surface area contributed by atoms with Crippen molar-refractivity contribution in [1.29, 1.82) is 0 Å². The number of hydrogen-bond acceptors (Lipinski definition) is 1. The largest absolute Gasteiger partial charge is 0.310 e. The van der Waals surface area contributed by atoms with E-state index >= 15 is 0 Å². The van der Waals surface area contributed by atoms with Gasteiger partial charge in [0.15, 0.2) is 0 Å². The standard InChI is InChI=1S/C61H42N2/c1-6-21-47(22-7-1)61(48-23-8-2-9-24-48)57-41-46(33-36-53(57)54-37-35-52(42-58(54)61)62(49-25-10-3-11-26-49)50-27-12-4-13-28-50)44-20-18-19-43(39-44)45-34-38-60-56(40-45)55-31-16-17-32-59(55)63(60)51-29-14-5-15-30-51/h1-42H. The molecule has 63 heavy (non-hydrogen) atoms. The molecule has 0 unspecified atom stereocenters. The van der Waals surface area contributed by atoms with Crippen LogP contribution in [0, 0.1) is 0 Å². The topological polar surface area (TPSA) is 8.17 Å². The summed E-state index contributed by atoms with van der Waals surface area (Å²) in [5.74, 6) is 0. The van der Waals surface area contributed by atoms with E-state index in [0.717, 1.165) is 17.1 Å². The first-order chi connectivity index (χ1) is 31.3. The lowest BCUT2D eigenvalue weighted by atomic mass is 9.67. The van der Waals surface area contributed by atoms with Crippen LogP contribution < -0.4 is 4.90 Å². The second kappa shape index (κ2) is 15.1. The van der Waals surface area contributed by atoms with Crippen molar-refractivity contribution < 1.29 is 0 Å². The Balaban J connectivity index is 1.03. The van der Waals surface area contributed by atoms with Crippen LogP contribution in [0.15, 0.2) is 255 Å². The molecule has 0 fully saturated rings. The third-order valence-electron chi connectivity index (χ3n) is 13.0. The maximum atomic E-state index is 2.47. The number of rotatable bonds is 8. The molecule has 296 valence electrons. The second-order valence-electron chi connectivity index (χ2n) is 16.5. The molecule has 0 saturated heterocycles. The minimum absolute atomic E-state index is 0.576. The fourth-order valence-corrected chi connectivity index (χ4v) is 10.3. The molecular formula is C61H42N2. The van der Waals surface area contributed by atoms with Crippen LogP contribution in [0.2, 0.25) is 0 Å². The predicted molar refractivity (Wildman–Crippen MR) is 264 cm³/mol. The zero-order valence-corrected chi connectivity index (χ0v) is 34.6. The van der Waals surface area contributed by atoms with Crippen LogP contribution in [0.3, 0.4) is 0 Å². The summed E-state index contributed by atoms with van der Waals surface area (Å²) < 4.78 is 2.38. The molecule has 11 aromatic rings. The van der Waals surface area contributed by atoms with Crippen molar-refractivity contribution in [3.63, 3.8) is 0 Å². The first-order valence-electron chi connectivity index (χ1n) is 21.8. The molecule has 0 aliphatic heterocycles. The van der Waals surface area contributed by atoms with Crippen LogP contribution in [-0.2, 0) is 5.41 Å². The van der Waals surface area contributed by atoms with E-state index in [1.165, 1.54) is 83.1 Å². The van der Waals surface area contributed by atoms with Crippen molar-refractivity contribution in [1.82, 2.24) is 4.57 Å². The van der Waals surface area contributed by atoms with Gasteiger partial charge in [-0.1, -0.05) is 176 Å². The smallest absolute Gasteiger partial charge is 0.0714 e. The summed E-state index contributed by atoms with van der Waals surface area (Å²) in [5, 5.41) is 2.50. The minimum atomic E-state index is -0.576. The van der Waals surface area contributed by atoms with Gasteiger partial charge in [0, 0.05) is 33.5 Å². The van der Waals surface area contributed by atoms with Crippen LogP contribution in [-0.4, -0.2) is 4.57 Å². The number of anilines is 3. The average molecular weight is 803 g/mol. The van der Waals surface area contributed by atoms with E-state index in [4.69, 9.17) is 0 Å². The van der Waals surface area contributed by atoms with Crippen LogP contribution in [0.25, 0.3) is 60.9 Å². The van der Waals surface area contributed by atoms with Gasteiger partial charge in [0.05, 0.1) is 16.4 Å². The van der Waals surface area contributed by atoms with Crippen LogP contribution >= 0.6 is 0 Å². The van der Waals surface area contributed by atoms with Gasteiger partial charge in [-0.15, -0.1) is 0 Å². The Bertz CT molecular complexity index is 3350. The summed E-state index contributed by atoms with van der Waals surface area (Å²) in [7, 11) is 0. The Kier molecular flexibility index (Phi) is 8.76. The van der Waals surface area contributed by atoms with E-state index in [1.54, 1.807) is 0 Å². The highest BCUT2D eigenvalue weighted by Crippen LogP contribution is 2.58. The SMILES string of the molecule is c1ccc(N(c2ccccc2)c2ccc3c(c2)C(c2ccccc2)(c2ccccc2)c2cc(-c4cccc(-c5ccc6c(c5)c5ccccc5n6-c5ccccc5)c4)ccc2-3)cc1. The minimum Gasteiger partial charge on any atom is -0.310 e. The highest BCUT2D eigenvalue weighted by molar-refractivity contribution is 6.10. The Hall–Kier alpha value is -8.20. The summed E-state index contributed by atoms with van der Waals surface area (Å²) in [6.07, 6.45) is 0. The lowest BCUT2D eigenvalue weighted by Gasteiger charge is -2.35. The zero-order valence-electron chi connectivity index (χ0n) is 34.6. The predicted octanol–water partition coefficient (Wildman–Crippen LogP) is 16.0. The Morgan fingerprint density at radius 3 is 1.41 bits per heavy atom. The monoisotopic (exact) mass is 802 g/mol. The first-order valence-corrected chi connectivity index (χ1v) is 21.8. The van der Waals surface area contributed by atoms with Crippen LogP contribution in [0.5, 0.6) is 0 Å². The fourth-order valence-electron chi connectivity index (χ4n) is 10.3. The van der Waals surface area contributed by atoms with Crippen LogP contribution in [0.1, 0.15) is 22.3 Å². The number of nitrogens with zero attached hydrogens (tertiary/aromatic N) is 2. The van der Waals surface area contributed by atoms with E-state index in [0.29, 0.717) is 0 Å². The van der Waals surface area contributed by atoms with Crippen molar-refractivity contribution in [2.24, 2.45) is 0 Å². The van der Waals surface area contributed by atoms with Gasteiger partial charge in [-0.2, -0.15) is 0 Å². The zero-order chi connectivity index (χ0) is 41.7. The number of benzene rings is 10. The number of hydrogen-bond donors (Lipinski definition) is 0. The molecule has 0 spiro atoms. The molecule has 2 heteroatoms. The molecule has 1 aliphatic rings. The van der Waals surface area contributed by atoms with Gasteiger partial charge in [0.2, 0.25) is 0 Å². The Morgan fingerprint density at radius 1 is 0.302 bits per heavy atom. The van der Waals surface area contributed by atoms with E-state index in [1.807, 2.05) is 0 Å². The number of para-hydroxylation sites is 4. The Morgan fingerprint density at radius 2 is 0.778 bits per heavy atom. The molecule has 2 nitrogen and oxygen atoms in total. The lowest BCUT2D eigenvalue weighted by molar-refractivity contribution is 0.768. The average Bonchev–Trinajstić information content (AvgIpc) is 3.85.